The lowest BCUT2D eigenvalue weighted by molar-refractivity contribution is 0.0475. The van der Waals surface area contributed by atoms with Crippen molar-refractivity contribution in [3.63, 3.8) is 0 Å². The Morgan fingerprint density at radius 1 is 0.750 bits per heavy atom. The molecule has 0 atom stereocenters. The van der Waals surface area contributed by atoms with Crippen LogP contribution in [0.3, 0.4) is 0 Å². The number of rotatable bonds is 7. The predicted octanol–water partition coefficient (Wildman–Crippen LogP) is 4.18. The minimum atomic E-state index is -3.53. The number of esters is 1. The fourth-order valence-electron chi connectivity index (χ4n) is 3.62. The molecule has 0 saturated carbocycles. The Bertz CT molecular complexity index is 1200. The summed E-state index contributed by atoms with van der Waals surface area (Å²) in [6, 6.07) is 22.5. The maximum Gasteiger partial charge on any atom is 0.338 e. The molecule has 1 fully saturated rings. The highest BCUT2D eigenvalue weighted by atomic mass is 32.2. The van der Waals surface area contributed by atoms with Gasteiger partial charge in [0.25, 0.3) is 0 Å². The molecule has 0 aliphatic carbocycles. The standard InChI is InChI=1S/C25H23NO5S/c27-24(21-12-14-23(15-13-21)32(29,30)26-16-4-5-17-26)18-31-25(28)22-10-8-20(9-11-22)19-6-2-1-3-7-19/h1-3,6-15H,4-5,16-18H2. The van der Waals surface area contributed by atoms with Crippen LogP contribution in [0.25, 0.3) is 11.1 Å². The van der Waals surface area contributed by atoms with Crippen molar-refractivity contribution in [2.45, 2.75) is 17.7 Å². The van der Waals surface area contributed by atoms with E-state index in [-0.39, 0.29) is 10.5 Å². The maximum absolute atomic E-state index is 12.6. The molecule has 0 unspecified atom stereocenters. The molecule has 0 radical (unpaired) electrons. The van der Waals surface area contributed by atoms with Crippen LogP contribution in [0.5, 0.6) is 0 Å². The van der Waals surface area contributed by atoms with Crippen LogP contribution in [0.1, 0.15) is 33.6 Å². The molecule has 1 heterocycles. The van der Waals surface area contributed by atoms with E-state index in [0.29, 0.717) is 18.7 Å². The Hall–Kier alpha value is -3.29. The third-order valence-corrected chi connectivity index (χ3v) is 7.35. The number of hydrogen-bond acceptors (Lipinski definition) is 5. The third kappa shape index (κ3) is 4.79. The highest BCUT2D eigenvalue weighted by Gasteiger charge is 2.27. The molecule has 0 spiro atoms. The molecule has 4 rings (SSSR count). The van der Waals surface area contributed by atoms with Gasteiger partial charge in [-0.25, -0.2) is 13.2 Å². The van der Waals surface area contributed by atoms with Gasteiger partial charge in [-0.05, 0) is 60.4 Å². The number of hydrogen-bond donors (Lipinski definition) is 0. The summed E-state index contributed by atoms with van der Waals surface area (Å²) >= 11 is 0. The van der Waals surface area contributed by atoms with Crippen LogP contribution in [0.15, 0.2) is 83.8 Å². The first-order chi connectivity index (χ1) is 15.4. The van der Waals surface area contributed by atoms with E-state index in [2.05, 4.69) is 0 Å². The zero-order valence-corrected chi connectivity index (χ0v) is 18.3. The van der Waals surface area contributed by atoms with Gasteiger partial charge in [0, 0.05) is 18.7 Å². The van der Waals surface area contributed by atoms with Crippen LogP contribution >= 0.6 is 0 Å². The molecule has 32 heavy (non-hydrogen) atoms. The van der Waals surface area contributed by atoms with E-state index < -0.39 is 28.4 Å². The summed E-state index contributed by atoms with van der Waals surface area (Å²) in [5.74, 6) is -0.990. The number of Topliss-reactive ketones (excluding diaryl/α,β-unsaturated/α-hetero) is 1. The van der Waals surface area contributed by atoms with Crippen molar-refractivity contribution < 1.29 is 22.7 Å². The number of ketones is 1. The summed E-state index contributed by atoms with van der Waals surface area (Å²) in [5, 5.41) is 0. The predicted molar refractivity (Wildman–Crippen MR) is 121 cm³/mol. The highest BCUT2D eigenvalue weighted by Crippen LogP contribution is 2.22. The zero-order chi connectivity index (χ0) is 22.6. The van der Waals surface area contributed by atoms with Gasteiger partial charge in [0.15, 0.2) is 12.4 Å². The fourth-order valence-corrected chi connectivity index (χ4v) is 5.13. The van der Waals surface area contributed by atoms with Crippen LogP contribution in [0.2, 0.25) is 0 Å². The lowest BCUT2D eigenvalue weighted by Gasteiger charge is -2.15. The van der Waals surface area contributed by atoms with Crippen molar-refractivity contribution in [2.75, 3.05) is 19.7 Å². The molecule has 1 saturated heterocycles. The molecule has 7 heteroatoms. The van der Waals surface area contributed by atoms with Crippen molar-refractivity contribution in [3.8, 4) is 11.1 Å². The Morgan fingerprint density at radius 3 is 1.94 bits per heavy atom. The second kappa shape index (κ2) is 9.46. The number of benzene rings is 3. The number of sulfonamides is 1. The Morgan fingerprint density at radius 2 is 1.31 bits per heavy atom. The van der Waals surface area contributed by atoms with Crippen molar-refractivity contribution in [1.82, 2.24) is 4.31 Å². The quantitative estimate of drug-likeness (QED) is 0.399. The van der Waals surface area contributed by atoms with Crippen LogP contribution in [-0.2, 0) is 14.8 Å². The molecule has 1 aliphatic rings. The molecular weight excluding hydrogens is 426 g/mol. The summed E-state index contributed by atoms with van der Waals surface area (Å²) in [7, 11) is -3.53. The summed E-state index contributed by atoms with van der Waals surface area (Å²) in [6.07, 6.45) is 1.71. The minimum absolute atomic E-state index is 0.159. The molecule has 3 aromatic rings. The van der Waals surface area contributed by atoms with Crippen molar-refractivity contribution in [2.24, 2.45) is 0 Å². The van der Waals surface area contributed by atoms with Crippen LogP contribution in [0.4, 0.5) is 0 Å². The van der Waals surface area contributed by atoms with E-state index in [1.165, 1.54) is 28.6 Å². The number of ether oxygens (including phenoxy) is 1. The molecule has 1 aliphatic heterocycles. The summed E-state index contributed by atoms with van der Waals surface area (Å²) in [6.45, 7) is 0.619. The van der Waals surface area contributed by atoms with Gasteiger partial charge in [0.05, 0.1) is 10.5 Å². The van der Waals surface area contributed by atoms with Gasteiger partial charge in [-0.1, -0.05) is 42.5 Å². The summed E-state index contributed by atoms with van der Waals surface area (Å²) < 4.78 is 31.8. The normalized spacial score (nSPS) is 14.2. The first-order valence-corrected chi connectivity index (χ1v) is 11.9. The summed E-state index contributed by atoms with van der Waals surface area (Å²) in [5.41, 5.74) is 2.65. The molecule has 0 amide bonds. The average molecular weight is 450 g/mol. The van der Waals surface area contributed by atoms with E-state index in [0.717, 1.165) is 24.0 Å². The van der Waals surface area contributed by atoms with Gasteiger partial charge in [0.2, 0.25) is 10.0 Å². The van der Waals surface area contributed by atoms with Crippen molar-refractivity contribution >= 4 is 21.8 Å². The molecule has 3 aromatic carbocycles. The monoisotopic (exact) mass is 449 g/mol. The maximum atomic E-state index is 12.6. The van der Waals surface area contributed by atoms with Gasteiger partial charge in [0.1, 0.15) is 0 Å². The number of nitrogens with zero attached hydrogens (tertiary/aromatic N) is 1. The van der Waals surface area contributed by atoms with Crippen LogP contribution in [-0.4, -0.2) is 44.2 Å². The minimum Gasteiger partial charge on any atom is -0.454 e. The smallest absolute Gasteiger partial charge is 0.338 e. The lowest BCUT2D eigenvalue weighted by atomic mass is 10.0. The second-order valence-electron chi connectivity index (χ2n) is 7.58. The number of carbonyl (C=O) groups is 2. The van der Waals surface area contributed by atoms with Crippen molar-refractivity contribution in [3.05, 3.63) is 90.0 Å². The molecule has 6 nitrogen and oxygen atoms in total. The van der Waals surface area contributed by atoms with Crippen LogP contribution in [0, 0.1) is 0 Å². The van der Waals surface area contributed by atoms with E-state index >= 15 is 0 Å². The number of carbonyl (C=O) groups excluding carboxylic acids is 2. The van der Waals surface area contributed by atoms with Crippen molar-refractivity contribution in [1.29, 1.82) is 0 Å². The molecule has 0 bridgehead atoms. The first kappa shape index (κ1) is 21.9. The van der Waals surface area contributed by atoms with E-state index in [4.69, 9.17) is 4.74 Å². The molecule has 0 aromatic heterocycles. The van der Waals surface area contributed by atoms with E-state index in [1.54, 1.807) is 12.1 Å². The van der Waals surface area contributed by atoms with Gasteiger partial charge in [-0.15, -0.1) is 0 Å². The first-order valence-electron chi connectivity index (χ1n) is 10.4. The Kier molecular flexibility index (Phi) is 6.48. The average Bonchev–Trinajstić information content (AvgIpc) is 3.39. The molecular formula is C25H23NO5S. The third-order valence-electron chi connectivity index (χ3n) is 5.44. The summed E-state index contributed by atoms with van der Waals surface area (Å²) in [4.78, 5) is 24.9. The van der Waals surface area contributed by atoms with E-state index in [9.17, 15) is 18.0 Å². The highest BCUT2D eigenvalue weighted by molar-refractivity contribution is 7.89. The zero-order valence-electron chi connectivity index (χ0n) is 17.4. The topological polar surface area (TPSA) is 80.8 Å². The van der Waals surface area contributed by atoms with Gasteiger partial charge >= 0.3 is 5.97 Å². The van der Waals surface area contributed by atoms with E-state index in [1.807, 2.05) is 42.5 Å². The second-order valence-corrected chi connectivity index (χ2v) is 9.52. The fraction of sp³-hybridized carbons (Fsp3) is 0.200. The Balaban J connectivity index is 1.35. The molecule has 0 N–H and O–H groups in total. The Labute approximate surface area is 187 Å². The lowest BCUT2D eigenvalue weighted by Crippen LogP contribution is -2.27. The van der Waals surface area contributed by atoms with Gasteiger partial charge < -0.3 is 4.74 Å². The van der Waals surface area contributed by atoms with Crippen LogP contribution < -0.4 is 0 Å². The SMILES string of the molecule is O=C(COC(=O)c1ccc(-c2ccccc2)cc1)c1ccc(S(=O)(=O)N2CCCC2)cc1. The molecule has 164 valence electrons. The largest absolute Gasteiger partial charge is 0.454 e. The van der Waals surface area contributed by atoms with Gasteiger partial charge in [-0.2, -0.15) is 4.31 Å². The van der Waals surface area contributed by atoms with Gasteiger partial charge in [-0.3, -0.25) is 4.79 Å².